The van der Waals surface area contributed by atoms with Crippen molar-refractivity contribution in [1.29, 1.82) is 0 Å². The van der Waals surface area contributed by atoms with Crippen LogP contribution in [0.15, 0.2) is 42.5 Å². The lowest BCUT2D eigenvalue weighted by atomic mass is 9.99. The Kier molecular flexibility index (Phi) is 4.97. The molecule has 2 rings (SSSR count). The van der Waals surface area contributed by atoms with Crippen LogP contribution in [-0.2, 0) is 4.79 Å². The minimum Gasteiger partial charge on any atom is -0.349 e. The van der Waals surface area contributed by atoms with Gasteiger partial charge in [-0.25, -0.2) is 0 Å². The molecule has 0 aromatic heterocycles. The fourth-order valence-electron chi connectivity index (χ4n) is 2.69. The van der Waals surface area contributed by atoms with E-state index in [4.69, 9.17) is 0 Å². The lowest BCUT2D eigenvalue weighted by Crippen LogP contribution is -2.92. The van der Waals surface area contributed by atoms with E-state index in [1.807, 2.05) is 20.8 Å². The smallest absolute Gasteiger partial charge is 0.278 e. The summed E-state index contributed by atoms with van der Waals surface area (Å²) in [6.45, 7) is 8.08. The van der Waals surface area contributed by atoms with E-state index in [0.29, 0.717) is 0 Å². The first kappa shape index (κ1) is 15.5. The number of carbonyl (C=O) groups excluding carboxylic acids is 1. The summed E-state index contributed by atoms with van der Waals surface area (Å²) in [6, 6.07) is 15.1. The molecule has 0 radical (unpaired) electrons. The van der Waals surface area contributed by atoms with Crippen molar-refractivity contribution in [2.75, 3.05) is 0 Å². The summed E-state index contributed by atoms with van der Waals surface area (Å²) in [4.78, 5) is 12.0. The quantitative estimate of drug-likeness (QED) is 0.870. The summed E-state index contributed by atoms with van der Waals surface area (Å²) in [6.07, 6.45) is 0. The van der Waals surface area contributed by atoms with Gasteiger partial charge in [-0.15, -0.1) is 0 Å². The maximum Gasteiger partial charge on any atom is 0.278 e. The van der Waals surface area contributed by atoms with Gasteiger partial charge in [-0.05, 0) is 38.5 Å². The molecule has 112 valence electrons. The van der Waals surface area contributed by atoms with E-state index in [0.717, 1.165) is 0 Å². The van der Waals surface area contributed by atoms with Crippen LogP contribution in [0.25, 0.3) is 10.8 Å². The molecule has 0 aliphatic heterocycles. The molecule has 0 aliphatic rings. The van der Waals surface area contributed by atoms with Crippen molar-refractivity contribution in [3.63, 3.8) is 0 Å². The minimum absolute atomic E-state index is 0.0945. The summed E-state index contributed by atoms with van der Waals surface area (Å²) < 4.78 is 0. The van der Waals surface area contributed by atoms with Crippen molar-refractivity contribution in [3.05, 3.63) is 48.0 Å². The van der Waals surface area contributed by atoms with E-state index in [-0.39, 0.29) is 24.0 Å². The van der Waals surface area contributed by atoms with Crippen LogP contribution in [0.4, 0.5) is 0 Å². The zero-order valence-electron chi connectivity index (χ0n) is 13.3. The first-order chi connectivity index (χ1) is 9.99. The van der Waals surface area contributed by atoms with E-state index in [1.165, 1.54) is 16.3 Å². The van der Waals surface area contributed by atoms with Crippen LogP contribution < -0.4 is 10.6 Å². The van der Waals surface area contributed by atoms with E-state index in [2.05, 4.69) is 60.0 Å². The Balaban J connectivity index is 2.15. The summed E-state index contributed by atoms with van der Waals surface area (Å²) in [5.41, 5.74) is 1.28. The average Bonchev–Trinajstić information content (AvgIpc) is 2.45. The van der Waals surface area contributed by atoms with Gasteiger partial charge in [0.1, 0.15) is 6.04 Å². The number of carbonyl (C=O) groups is 1. The van der Waals surface area contributed by atoms with E-state index < -0.39 is 0 Å². The predicted molar refractivity (Wildman–Crippen MR) is 87.0 cm³/mol. The Labute approximate surface area is 126 Å². The van der Waals surface area contributed by atoms with Crippen LogP contribution in [0.5, 0.6) is 0 Å². The van der Waals surface area contributed by atoms with E-state index in [9.17, 15) is 4.79 Å². The molecule has 2 aromatic carbocycles. The van der Waals surface area contributed by atoms with E-state index >= 15 is 0 Å². The molecule has 3 heteroatoms. The summed E-state index contributed by atoms with van der Waals surface area (Å²) in [5, 5.41) is 7.60. The molecule has 3 nitrogen and oxygen atoms in total. The molecule has 0 saturated carbocycles. The Bertz CT molecular complexity index is 616. The average molecular weight is 285 g/mol. The first-order valence-corrected chi connectivity index (χ1v) is 7.62. The highest BCUT2D eigenvalue weighted by molar-refractivity contribution is 5.86. The lowest BCUT2D eigenvalue weighted by Gasteiger charge is -2.19. The Morgan fingerprint density at radius 3 is 2.38 bits per heavy atom. The number of hydrogen-bond donors (Lipinski definition) is 2. The highest BCUT2D eigenvalue weighted by Crippen LogP contribution is 2.22. The van der Waals surface area contributed by atoms with Crippen molar-refractivity contribution in [1.82, 2.24) is 5.32 Å². The molecule has 0 fully saturated rings. The third kappa shape index (κ3) is 3.82. The molecule has 0 aliphatic carbocycles. The fourth-order valence-corrected chi connectivity index (χ4v) is 2.69. The topological polar surface area (TPSA) is 45.7 Å². The van der Waals surface area contributed by atoms with Gasteiger partial charge in [0, 0.05) is 11.6 Å². The largest absolute Gasteiger partial charge is 0.349 e. The maximum absolute atomic E-state index is 12.0. The van der Waals surface area contributed by atoms with Gasteiger partial charge in [-0.3, -0.25) is 4.79 Å². The molecule has 0 bridgehead atoms. The van der Waals surface area contributed by atoms with Crippen molar-refractivity contribution in [2.24, 2.45) is 0 Å². The Morgan fingerprint density at radius 2 is 1.67 bits per heavy atom. The number of benzene rings is 2. The number of rotatable bonds is 5. The normalized spacial score (nSPS) is 14.1. The van der Waals surface area contributed by atoms with Crippen LogP contribution in [-0.4, -0.2) is 18.0 Å². The molecule has 0 unspecified atom stereocenters. The number of quaternary nitrogens is 1. The van der Waals surface area contributed by atoms with Crippen molar-refractivity contribution in [2.45, 2.75) is 45.8 Å². The van der Waals surface area contributed by atoms with Crippen LogP contribution in [0.1, 0.15) is 39.3 Å². The highest BCUT2D eigenvalue weighted by atomic mass is 16.2. The van der Waals surface area contributed by atoms with Crippen LogP contribution >= 0.6 is 0 Å². The van der Waals surface area contributed by atoms with Gasteiger partial charge >= 0.3 is 0 Å². The number of fused-ring (bicyclic) bond motifs is 1. The first-order valence-electron chi connectivity index (χ1n) is 7.62. The van der Waals surface area contributed by atoms with Gasteiger partial charge in [0.15, 0.2) is 6.04 Å². The third-order valence-corrected chi connectivity index (χ3v) is 3.74. The van der Waals surface area contributed by atoms with Crippen molar-refractivity contribution >= 4 is 16.7 Å². The van der Waals surface area contributed by atoms with Crippen molar-refractivity contribution in [3.8, 4) is 0 Å². The Hall–Kier alpha value is -1.87. The molecule has 0 heterocycles. The monoisotopic (exact) mass is 285 g/mol. The second kappa shape index (κ2) is 6.72. The van der Waals surface area contributed by atoms with Gasteiger partial charge < -0.3 is 10.6 Å². The minimum atomic E-state index is -0.0960. The highest BCUT2D eigenvalue weighted by Gasteiger charge is 2.21. The predicted octanol–water partition coefficient (Wildman–Crippen LogP) is 2.38. The van der Waals surface area contributed by atoms with Gasteiger partial charge in [-0.2, -0.15) is 0 Å². The molecular formula is C18H25N2O+. The Morgan fingerprint density at radius 1 is 1.00 bits per heavy atom. The summed E-state index contributed by atoms with van der Waals surface area (Å²) in [5.74, 6) is 0.0945. The third-order valence-electron chi connectivity index (χ3n) is 3.74. The molecular weight excluding hydrogens is 260 g/mol. The standard InChI is InChI=1S/C18H24N2O/c1-12(2)19-18(21)14(4)20-13(3)16-11-7-9-15-8-5-6-10-17(15)16/h5-14,20H,1-4H3,(H,19,21)/p+1/t13-,14-/m1/s1. The second-order valence-electron chi connectivity index (χ2n) is 6.00. The lowest BCUT2D eigenvalue weighted by molar-refractivity contribution is -0.710. The fraction of sp³-hybridized carbons (Fsp3) is 0.389. The number of amides is 1. The van der Waals surface area contributed by atoms with Crippen molar-refractivity contribution < 1.29 is 10.1 Å². The molecule has 2 atom stereocenters. The zero-order chi connectivity index (χ0) is 15.4. The van der Waals surface area contributed by atoms with Crippen LogP contribution in [0.2, 0.25) is 0 Å². The number of nitrogens with one attached hydrogen (secondary N) is 1. The van der Waals surface area contributed by atoms with E-state index in [1.54, 1.807) is 0 Å². The van der Waals surface area contributed by atoms with Gasteiger partial charge in [-0.1, -0.05) is 42.5 Å². The number of hydrogen-bond acceptors (Lipinski definition) is 1. The van der Waals surface area contributed by atoms with Gasteiger partial charge in [0.05, 0.1) is 0 Å². The molecule has 2 aromatic rings. The molecule has 0 saturated heterocycles. The summed E-state index contributed by atoms with van der Waals surface area (Å²) >= 11 is 0. The molecule has 3 N–H and O–H groups in total. The zero-order valence-corrected chi connectivity index (χ0v) is 13.3. The van der Waals surface area contributed by atoms with Gasteiger partial charge in [0.25, 0.3) is 5.91 Å². The molecule has 1 amide bonds. The second-order valence-corrected chi connectivity index (χ2v) is 6.00. The number of nitrogens with two attached hydrogens (primary N) is 1. The SMILES string of the molecule is CC(C)NC(=O)[C@@H](C)[NH2+][C@H](C)c1cccc2ccccc12. The maximum atomic E-state index is 12.0. The molecule has 21 heavy (non-hydrogen) atoms. The van der Waals surface area contributed by atoms with Crippen LogP contribution in [0.3, 0.4) is 0 Å². The summed E-state index contributed by atoms with van der Waals surface area (Å²) in [7, 11) is 0. The van der Waals surface area contributed by atoms with Crippen LogP contribution in [0, 0.1) is 0 Å². The molecule has 0 spiro atoms. The van der Waals surface area contributed by atoms with Gasteiger partial charge in [0.2, 0.25) is 0 Å².